The molecule has 1 rings (SSSR count). The maximum absolute atomic E-state index is 12.7. The van der Waals surface area contributed by atoms with Crippen LogP contribution in [0.4, 0.5) is 8.78 Å². The summed E-state index contributed by atoms with van der Waals surface area (Å²) in [5, 5.41) is 3.03. The van der Waals surface area contributed by atoms with E-state index < -0.39 is 11.6 Å². The van der Waals surface area contributed by atoms with Gasteiger partial charge in [0.05, 0.1) is 0 Å². The minimum atomic E-state index is -0.819. The van der Waals surface area contributed by atoms with Crippen LogP contribution in [0.2, 0.25) is 0 Å². The first-order valence-corrected chi connectivity index (χ1v) is 4.50. The summed E-state index contributed by atoms with van der Waals surface area (Å²) in [7, 11) is 0. The molecule has 0 saturated heterocycles. The third kappa shape index (κ3) is 3.40. The fraction of sp³-hybridized carbons (Fsp3) is 0.400. The molecule has 0 saturated carbocycles. The second-order valence-corrected chi connectivity index (χ2v) is 3.36. The van der Waals surface area contributed by atoms with E-state index in [4.69, 9.17) is 5.73 Å². The Labute approximate surface area is 82.1 Å². The van der Waals surface area contributed by atoms with Crippen LogP contribution in [0.5, 0.6) is 0 Å². The zero-order valence-electron chi connectivity index (χ0n) is 8.06. The fourth-order valence-electron chi connectivity index (χ4n) is 1.09. The Morgan fingerprint density at radius 3 is 2.64 bits per heavy atom. The van der Waals surface area contributed by atoms with E-state index in [1.165, 1.54) is 6.07 Å². The van der Waals surface area contributed by atoms with Crippen LogP contribution < -0.4 is 11.1 Å². The molecule has 2 nitrogen and oxygen atoms in total. The molecule has 0 heterocycles. The summed E-state index contributed by atoms with van der Waals surface area (Å²) in [6.07, 6.45) is 0. The average Bonchev–Trinajstić information content (AvgIpc) is 2.10. The Bertz CT molecular complexity index is 300. The van der Waals surface area contributed by atoms with Gasteiger partial charge in [-0.2, -0.15) is 0 Å². The predicted octanol–water partition coefficient (Wildman–Crippen LogP) is 1.40. The highest BCUT2D eigenvalue weighted by atomic mass is 19.2. The standard InChI is InChI=1S/C10H14F2N2/c1-7(13)5-14-6-8-2-3-9(11)10(12)4-8/h2-4,7,14H,5-6,13H2,1H3. The van der Waals surface area contributed by atoms with Crippen molar-refractivity contribution in [1.82, 2.24) is 5.32 Å². The monoisotopic (exact) mass is 200 g/mol. The summed E-state index contributed by atoms with van der Waals surface area (Å²) < 4.78 is 25.3. The van der Waals surface area contributed by atoms with E-state index in [1.807, 2.05) is 6.92 Å². The van der Waals surface area contributed by atoms with Gasteiger partial charge < -0.3 is 11.1 Å². The molecule has 1 atom stereocenters. The molecule has 78 valence electrons. The third-order valence-corrected chi connectivity index (χ3v) is 1.78. The van der Waals surface area contributed by atoms with Crippen molar-refractivity contribution in [3.8, 4) is 0 Å². The van der Waals surface area contributed by atoms with Crippen LogP contribution in [0, 0.1) is 11.6 Å². The van der Waals surface area contributed by atoms with Crippen molar-refractivity contribution in [1.29, 1.82) is 0 Å². The number of hydrogen-bond acceptors (Lipinski definition) is 2. The number of nitrogens with two attached hydrogens (primary N) is 1. The normalized spacial score (nSPS) is 12.9. The van der Waals surface area contributed by atoms with Crippen molar-refractivity contribution in [2.24, 2.45) is 5.73 Å². The molecule has 0 aliphatic heterocycles. The largest absolute Gasteiger partial charge is 0.327 e. The highest BCUT2D eigenvalue weighted by Gasteiger charge is 2.02. The minimum absolute atomic E-state index is 0.0558. The highest BCUT2D eigenvalue weighted by molar-refractivity contribution is 5.17. The molecule has 14 heavy (non-hydrogen) atoms. The molecule has 3 N–H and O–H groups in total. The summed E-state index contributed by atoms with van der Waals surface area (Å²) in [4.78, 5) is 0. The van der Waals surface area contributed by atoms with E-state index in [-0.39, 0.29) is 6.04 Å². The molecule has 0 radical (unpaired) electrons. The van der Waals surface area contributed by atoms with Crippen LogP contribution in [-0.2, 0) is 6.54 Å². The maximum Gasteiger partial charge on any atom is 0.159 e. The number of halogens is 2. The van der Waals surface area contributed by atoms with Gasteiger partial charge in [-0.3, -0.25) is 0 Å². The Balaban J connectivity index is 2.47. The Kier molecular flexibility index (Phi) is 3.98. The van der Waals surface area contributed by atoms with Crippen molar-refractivity contribution in [3.63, 3.8) is 0 Å². The summed E-state index contributed by atoms with van der Waals surface area (Å²) in [5.74, 6) is -1.63. The molecule has 1 aromatic carbocycles. The smallest absolute Gasteiger partial charge is 0.159 e. The van der Waals surface area contributed by atoms with E-state index in [1.54, 1.807) is 6.07 Å². The fourth-order valence-corrected chi connectivity index (χ4v) is 1.09. The van der Waals surface area contributed by atoms with E-state index in [2.05, 4.69) is 5.32 Å². The molecule has 0 aliphatic carbocycles. The molecule has 0 fully saturated rings. The molecule has 0 aliphatic rings. The number of nitrogens with one attached hydrogen (secondary N) is 1. The Morgan fingerprint density at radius 1 is 1.36 bits per heavy atom. The third-order valence-electron chi connectivity index (χ3n) is 1.78. The molecule has 0 bridgehead atoms. The molecular formula is C10H14F2N2. The van der Waals surface area contributed by atoms with Crippen LogP contribution in [0.1, 0.15) is 12.5 Å². The van der Waals surface area contributed by atoms with E-state index in [9.17, 15) is 8.78 Å². The SMILES string of the molecule is CC(N)CNCc1ccc(F)c(F)c1. The summed E-state index contributed by atoms with van der Waals surface area (Å²) >= 11 is 0. The highest BCUT2D eigenvalue weighted by Crippen LogP contribution is 2.08. The van der Waals surface area contributed by atoms with E-state index >= 15 is 0 Å². The van der Waals surface area contributed by atoms with Gasteiger partial charge in [0.25, 0.3) is 0 Å². The van der Waals surface area contributed by atoms with Crippen molar-refractivity contribution in [2.45, 2.75) is 19.5 Å². The molecule has 1 unspecified atom stereocenters. The lowest BCUT2D eigenvalue weighted by Crippen LogP contribution is -2.30. The summed E-state index contributed by atoms with van der Waals surface area (Å²) in [5.41, 5.74) is 6.23. The summed E-state index contributed by atoms with van der Waals surface area (Å²) in [6.45, 7) is 3.02. The first kappa shape index (κ1) is 11.1. The topological polar surface area (TPSA) is 38.0 Å². The van der Waals surface area contributed by atoms with Crippen molar-refractivity contribution >= 4 is 0 Å². The zero-order chi connectivity index (χ0) is 10.6. The van der Waals surface area contributed by atoms with Gasteiger partial charge in [-0.15, -0.1) is 0 Å². The lowest BCUT2D eigenvalue weighted by atomic mass is 10.2. The van der Waals surface area contributed by atoms with Gasteiger partial charge in [0, 0.05) is 19.1 Å². The van der Waals surface area contributed by atoms with Crippen molar-refractivity contribution in [2.75, 3.05) is 6.54 Å². The van der Waals surface area contributed by atoms with Gasteiger partial charge in [-0.25, -0.2) is 8.78 Å². The van der Waals surface area contributed by atoms with Crippen LogP contribution >= 0.6 is 0 Å². The Morgan fingerprint density at radius 2 is 2.07 bits per heavy atom. The van der Waals surface area contributed by atoms with Gasteiger partial charge in [0.1, 0.15) is 0 Å². The number of rotatable bonds is 4. The predicted molar refractivity (Wildman–Crippen MR) is 51.7 cm³/mol. The second kappa shape index (κ2) is 5.02. The van der Waals surface area contributed by atoms with E-state index in [0.29, 0.717) is 18.7 Å². The quantitative estimate of drug-likeness (QED) is 0.771. The lowest BCUT2D eigenvalue weighted by molar-refractivity contribution is 0.505. The minimum Gasteiger partial charge on any atom is -0.327 e. The second-order valence-electron chi connectivity index (χ2n) is 3.36. The zero-order valence-corrected chi connectivity index (χ0v) is 8.06. The summed E-state index contributed by atoms with van der Waals surface area (Å²) in [6, 6.07) is 3.91. The van der Waals surface area contributed by atoms with Crippen molar-refractivity contribution in [3.05, 3.63) is 35.4 Å². The van der Waals surface area contributed by atoms with Crippen LogP contribution in [0.15, 0.2) is 18.2 Å². The van der Waals surface area contributed by atoms with Crippen LogP contribution in [0.25, 0.3) is 0 Å². The van der Waals surface area contributed by atoms with Crippen molar-refractivity contribution < 1.29 is 8.78 Å². The van der Waals surface area contributed by atoms with Gasteiger partial charge in [-0.1, -0.05) is 6.07 Å². The molecule has 0 aromatic heterocycles. The van der Waals surface area contributed by atoms with Gasteiger partial charge in [-0.05, 0) is 24.6 Å². The van der Waals surface area contributed by atoms with Crippen LogP contribution in [-0.4, -0.2) is 12.6 Å². The number of benzene rings is 1. The Hall–Kier alpha value is -1.00. The number of hydrogen-bond donors (Lipinski definition) is 2. The molecule has 0 amide bonds. The first-order valence-electron chi connectivity index (χ1n) is 4.50. The van der Waals surface area contributed by atoms with Crippen LogP contribution in [0.3, 0.4) is 0 Å². The van der Waals surface area contributed by atoms with Gasteiger partial charge in [0.15, 0.2) is 11.6 Å². The molecule has 0 spiro atoms. The first-order chi connectivity index (χ1) is 6.59. The van der Waals surface area contributed by atoms with E-state index in [0.717, 1.165) is 6.07 Å². The molecule has 4 heteroatoms. The van der Waals surface area contributed by atoms with Gasteiger partial charge >= 0.3 is 0 Å². The molecular weight excluding hydrogens is 186 g/mol. The molecule has 1 aromatic rings. The van der Waals surface area contributed by atoms with Gasteiger partial charge in [0.2, 0.25) is 0 Å². The average molecular weight is 200 g/mol. The lowest BCUT2D eigenvalue weighted by Gasteiger charge is -2.07. The maximum atomic E-state index is 12.7.